The SMILES string of the molecule is Cn1c(CN2CCC[C@H](O)C2)nnc1C1CC1. The Bertz CT molecular complexity index is 399. The summed E-state index contributed by atoms with van der Waals surface area (Å²) >= 11 is 0. The van der Waals surface area contributed by atoms with Crippen molar-refractivity contribution >= 4 is 0 Å². The van der Waals surface area contributed by atoms with E-state index in [0.717, 1.165) is 44.1 Å². The quantitative estimate of drug-likeness (QED) is 0.837. The van der Waals surface area contributed by atoms with Crippen LogP contribution in [0.3, 0.4) is 0 Å². The van der Waals surface area contributed by atoms with E-state index in [4.69, 9.17) is 0 Å². The minimum atomic E-state index is -0.167. The number of hydrogen-bond donors (Lipinski definition) is 1. The molecule has 0 unspecified atom stereocenters. The van der Waals surface area contributed by atoms with Crippen LogP contribution in [0, 0.1) is 0 Å². The lowest BCUT2D eigenvalue weighted by Crippen LogP contribution is -2.38. The van der Waals surface area contributed by atoms with Gasteiger partial charge in [-0.3, -0.25) is 4.90 Å². The van der Waals surface area contributed by atoms with E-state index in [-0.39, 0.29) is 6.10 Å². The van der Waals surface area contributed by atoms with Gasteiger partial charge in [0.15, 0.2) is 0 Å². The average molecular weight is 236 g/mol. The smallest absolute Gasteiger partial charge is 0.146 e. The highest BCUT2D eigenvalue weighted by molar-refractivity contribution is 5.07. The first-order chi connectivity index (χ1) is 8.24. The first kappa shape index (κ1) is 11.2. The van der Waals surface area contributed by atoms with E-state index in [2.05, 4.69) is 26.7 Å². The van der Waals surface area contributed by atoms with Crippen molar-refractivity contribution in [3.8, 4) is 0 Å². The Morgan fingerprint density at radius 2 is 2.12 bits per heavy atom. The van der Waals surface area contributed by atoms with Gasteiger partial charge in [-0.05, 0) is 32.2 Å². The average Bonchev–Trinajstić information content (AvgIpc) is 3.07. The summed E-state index contributed by atoms with van der Waals surface area (Å²) in [5, 5.41) is 18.2. The molecule has 1 saturated heterocycles. The molecular weight excluding hydrogens is 216 g/mol. The van der Waals surface area contributed by atoms with Crippen LogP contribution < -0.4 is 0 Å². The molecule has 1 aromatic rings. The molecule has 2 heterocycles. The van der Waals surface area contributed by atoms with Crippen LogP contribution in [0.5, 0.6) is 0 Å². The normalized spacial score (nSPS) is 26.4. The molecule has 0 bridgehead atoms. The van der Waals surface area contributed by atoms with Crippen LogP contribution in [0.2, 0.25) is 0 Å². The summed E-state index contributed by atoms with van der Waals surface area (Å²) in [6.07, 6.45) is 4.36. The fourth-order valence-corrected chi connectivity index (χ4v) is 2.58. The maximum absolute atomic E-state index is 9.65. The minimum absolute atomic E-state index is 0.167. The number of piperidine rings is 1. The van der Waals surface area contributed by atoms with E-state index in [0.29, 0.717) is 5.92 Å². The first-order valence-electron chi connectivity index (χ1n) is 6.52. The zero-order valence-corrected chi connectivity index (χ0v) is 10.3. The molecule has 1 aromatic heterocycles. The van der Waals surface area contributed by atoms with Gasteiger partial charge in [0.1, 0.15) is 11.6 Å². The monoisotopic (exact) mass is 236 g/mol. The fraction of sp³-hybridized carbons (Fsp3) is 0.833. The largest absolute Gasteiger partial charge is 0.392 e. The highest BCUT2D eigenvalue weighted by Gasteiger charge is 2.29. The van der Waals surface area contributed by atoms with Crippen molar-refractivity contribution in [2.75, 3.05) is 13.1 Å². The number of rotatable bonds is 3. The van der Waals surface area contributed by atoms with E-state index < -0.39 is 0 Å². The van der Waals surface area contributed by atoms with E-state index in [1.54, 1.807) is 0 Å². The van der Waals surface area contributed by atoms with Crippen LogP contribution in [-0.2, 0) is 13.6 Å². The second kappa shape index (κ2) is 4.38. The molecule has 1 N–H and O–H groups in total. The van der Waals surface area contributed by atoms with Gasteiger partial charge in [0.05, 0.1) is 12.6 Å². The van der Waals surface area contributed by atoms with Crippen LogP contribution in [0.1, 0.15) is 43.3 Å². The molecular formula is C12H20N4O. The molecule has 5 heteroatoms. The summed E-state index contributed by atoms with van der Waals surface area (Å²) in [6, 6.07) is 0. The van der Waals surface area contributed by atoms with Crippen molar-refractivity contribution in [2.24, 2.45) is 7.05 Å². The third-order valence-electron chi connectivity index (χ3n) is 3.79. The van der Waals surface area contributed by atoms with E-state index >= 15 is 0 Å². The Hall–Kier alpha value is -0.940. The predicted molar refractivity (Wildman–Crippen MR) is 63.5 cm³/mol. The lowest BCUT2D eigenvalue weighted by Gasteiger charge is -2.29. The van der Waals surface area contributed by atoms with Gasteiger partial charge in [-0.15, -0.1) is 10.2 Å². The third kappa shape index (κ3) is 2.35. The van der Waals surface area contributed by atoms with Crippen LogP contribution >= 0.6 is 0 Å². The maximum Gasteiger partial charge on any atom is 0.146 e. The van der Waals surface area contributed by atoms with Crippen molar-refractivity contribution in [1.29, 1.82) is 0 Å². The van der Waals surface area contributed by atoms with Crippen LogP contribution in [0.15, 0.2) is 0 Å². The van der Waals surface area contributed by atoms with Gasteiger partial charge in [-0.1, -0.05) is 0 Å². The molecule has 94 valence electrons. The summed E-state index contributed by atoms with van der Waals surface area (Å²) in [7, 11) is 2.06. The number of aromatic nitrogens is 3. The summed E-state index contributed by atoms with van der Waals surface area (Å²) in [5.74, 6) is 2.81. The van der Waals surface area contributed by atoms with Crippen molar-refractivity contribution in [3.63, 3.8) is 0 Å². The Balaban J connectivity index is 1.67. The number of likely N-dealkylation sites (tertiary alicyclic amines) is 1. The van der Waals surface area contributed by atoms with Crippen LogP contribution in [0.25, 0.3) is 0 Å². The van der Waals surface area contributed by atoms with Crippen molar-refractivity contribution in [2.45, 2.75) is 44.2 Å². The summed E-state index contributed by atoms with van der Waals surface area (Å²) in [5.41, 5.74) is 0. The number of hydrogen-bond acceptors (Lipinski definition) is 4. The Morgan fingerprint density at radius 1 is 1.29 bits per heavy atom. The van der Waals surface area contributed by atoms with Gasteiger partial charge in [-0.2, -0.15) is 0 Å². The standard InChI is InChI=1S/C12H20N4O/c1-15-11(13-14-12(15)9-4-5-9)8-16-6-2-3-10(17)7-16/h9-10,17H,2-8H2,1H3/t10-/m0/s1. The first-order valence-corrected chi connectivity index (χ1v) is 6.52. The molecule has 1 saturated carbocycles. The highest BCUT2D eigenvalue weighted by Crippen LogP contribution is 2.38. The predicted octanol–water partition coefficient (Wildman–Crippen LogP) is 0.649. The Labute approximate surface area is 101 Å². The van der Waals surface area contributed by atoms with E-state index in [1.165, 1.54) is 12.8 Å². The molecule has 1 aliphatic carbocycles. The maximum atomic E-state index is 9.65. The molecule has 0 aromatic carbocycles. The Kier molecular flexibility index (Phi) is 2.88. The number of aliphatic hydroxyl groups is 1. The van der Waals surface area contributed by atoms with Gasteiger partial charge in [0.2, 0.25) is 0 Å². The Morgan fingerprint density at radius 3 is 2.82 bits per heavy atom. The van der Waals surface area contributed by atoms with Crippen molar-refractivity contribution in [1.82, 2.24) is 19.7 Å². The number of β-amino-alcohol motifs (C(OH)–C–C–N with tert-alkyl or cyclic N) is 1. The molecule has 3 rings (SSSR count). The molecule has 2 fully saturated rings. The molecule has 0 amide bonds. The molecule has 1 atom stereocenters. The second-order valence-electron chi connectivity index (χ2n) is 5.34. The summed E-state index contributed by atoms with van der Waals surface area (Å²) in [6.45, 7) is 2.64. The zero-order chi connectivity index (χ0) is 11.8. The summed E-state index contributed by atoms with van der Waals surface area (Å²) in [4.78, 5) is 2.27. The van der Waals surface area contributed by atoms with Crippen LogP contribution in [0.4, 0.5) is 0 Å². The van der Waals surface area contributed by atoms with E-state index in [9.17, 15) is 5.11 Å². The zero-order valence-electron chi connectivity index (χ0n) is 10.3. The lowest BCUT2D eigenvalue weighted by molar-refractivity contribution is 0.0650. The van der Waals surface area contributed by atoms with Crippen molar-refractivity contribution < 1.29 is 5.11 Å². The van der Waals surface area contributed by atoms with Crippen LogP contribution in [-0.4, -0.2) is 44.0 Å². The number of aliphatic hydroxyl groups excluding tert-OH is 1. The molecule has 1 aliphatic heterocycles. The molecule has 2 aliphatic rings. The third-order valence-corrected chi connectivity index (χ3v) is 3.79. The van der Waals surface area contributed by atoms with Gasteiger partial charge in [-0.25, -0.2) is 0 Å². The highest BCUT2D eigenvalue weighted by atomic mass is 16.3. The second-order valence-corrected chi connectivity index (χ2v) is 5.34. The lowest BCUT2D eigenvalue weighted by atomic mass is 10.1. The topological polar surface area (TPSA) is 54.2 Å². The fourth-order valence-electron chi connectivity index (χ4n) is 2.58. The molecule has 0 radical (unpaired) electrons. The minimum Gasteiger partial charge on any atom is -0.392 e. The molecule has 5 nitrogen and oxygen atoms in total. The van der Waals surface area contributed by atoms with E-state index in [1.807, 2.05) is 0 Å². The molecule has 0 spiro atoms. The summed E-state index contributed by atoms with van der Waals surface area (Å²) < 4.78 is 2.14. The number of nitrogens with zero attached hydrogens (tertiary/aromatic N) is 4. The van der Waals surface area contributed by atoms with Gasteiger partial charge in [0, 0.05) is 19.5 Å². The van der Waals surface area contributed by atoms with Gasteiger partial charge < -0.3 is 9.67 Å². The molecule has 17 heavy (non-hydrogen) atoms. The van der Waals surface area contributed by atoms with Gasteiger partial charge in [0.25, 0.3) is 0 Å². The van der Waals surface area contributed by atoms with Crippen molar-refractivity contribution in [3.05, 3.63) is 11.6 Å². The van der Waals surface area contributed by atoms with Gasteiger partial charge >= 0.3 is 0 Å².